The topological polar surface area (TPSA) is 116 Å². The van der Waals surface area contributed by atoms with Gasteiger partial charge in [-0.3, -0.25) is 18.9 Å². The Kier molecular flexibility index (Phi) is 9.67. The van der Waals surface area contributed by atoms with Crippen molar-refractivity contribution in [2.75, 3.05) is 7.11 Å². The third-order valence-corrected chi connectivity index (χ3v) is 6.92. The lowest BCUT2D eigenvalue weighted by Gasteiger charge is -2.16. The number of aryl methyl sites for hydroxylation is 2. The monoisotopic (exact) mass is 617 g/mol. The lowest BCUT2D eigenvalue weighted by molar-refractivity contribution is 0.388. The molecule has 41 heavy (non-hydrogen) atoms. The molecule has 2 aromatic carbocycles. The third-order valence-electron chi connectivity index (χ3n) is 6.92. The first kappa shape index (κ1) is 29.7. The Balaban J connectivity index is 0.00000387. The normalized spacial score (nSPS) is 10.8. The summed E-state index contributed by atoms with van der Waals surface area (Å²) in [5.41, 5.74) is 6.09. The van der Waals surface area contributed by atoms with E-state index in [1.807, 2.05) is 61.5 Å². The number of hydrogen-bond acceptors (Lipinski definition) is 7. The van der Waals surface area contributed by atoms with Gasteiger partial charge < -0.3 is 4.74 Å². The summed E-state index contributed by atoms with van der Waals surface area (Å²) in [5.74, 6) is 0.999. The Bertz CT molecular complexity index is 1720. The molecule has 1 N–H and O–H groups in total. The first-order chi connectivity index (χ1) is 19.5. The van der Waals surface area contributed by atoms with Gasteiger partial charge in [-0.15, -0.1) is 17.0 Å². The predicted molar refractivity (Wildman–Crippen MR) is 163 cm³/mol. The van der Waals surface area contributed by atoms with Gasteiger partial charge in [0.1, 0.15) is 5.82 Å². The van der Waals surface area contributed by atoms with Crippen molar-refractivity contribution in [1.82, 2.24) is 24.7 Å². The molecule has 0 aliphatic carbocycles. The average Bonchev–Trinajstić information content (AvgIpc) is 3.42. The highest BCUT2D eigenvalue weighted by molar-refractivity contribution is 8.93. The molecule has 0 spiro atoms. The second-order valence-electron chi connectivity index (χ2n) is 9.65. The third kappa shape index (κ3) is 6.71. The van der Waals surface area contributed by atoms with E-state index in [0.29, 0.717) is 36.1 Å². The lowest BCUT2D eigenvalue weighted by atomic mass is 9.96. The van der Waals surface area contributed by atoms with Gasteiger partial charge >= 0.3 is 5.76 Å². The van der Waals surface area contributed by atoms with Crippen LogP contribution in [0.25, 0.3) is 22.5 Å². The molecule has 10 heteroatoms. The van der Waals surface area contributed by atoms with Crippen molar-refractivity contribution in [2.45, 2.75) is 46.1 Å². The molecule has 212 valence electrons. The zero-order valence-electron chi connectivity index (χ0n) is 23.2. The summed E-state index contributed by atoms with van der Waals surface area (Å²) in [6, 6.07) is 19.5. The van der Waals surface area contributed by atoms with Crippen LogP contribution >= 0.6 is 17.0 Å². The first-order valence-electron chi connectivity index (χ1n) is 13.3. The molecule has 0 radical (unpaired) electrons. The zero-order chi connectivity index (χ0) is 28.1. The van der Waals surface area contributed by atoms with Crippen molar-refractivity contribution in [3.63, 3.8) is 0 Å². The summed E-state index contributed by atoms with van der Waals surface area (Å²) in [4.78, 5) is 37.1. The fourth-order valence-corrected chi connectivity index (χ4v) is 4.77. The van der Waals surface area contributed by atoms with Gasteiger partial charge in [0.25, 0.3) is 5.56 Å². The molecule has 0 bridgehead atoms. The summed E-state index contributed by atoms with van der Waals surface area (Å²) in [6.07, 6.45) is 4.94. The molecule has 0 fully saturated rings. The Hall–Kier alpha value is -4.31. The van der Waals surface area contributed by atoms with Crippen LogP contribution in [0, 0.1) is 6.92 Å². The predicted octanol–water partition coefficient (Wildman–Crippen LogP) is 5.53. The smallest absolute Gasteiger partial charge is 0.439 e. The highest BCUT2D eigenvalue weighted by Gasteiger charge is 2.17. The number of H-pyrrole nitrogens is 1. The lowest BCUT2D eigenvalue weighted by Crippen LogP contribution is -2.30. The van der Waals surface area contributed by atoms with E-state index in [1.54, 1.807) is 23.9 Å². The molecule has 9 nitrogen and oxygen atoms in total. The molecule has 0 saturated heterocycles. The van der Waals surface area contributed by atoms with Gasteiger partial charge in [0.2, 0.25) is 5.88 Å². The van der Waals surface area contributed by atoms with Crippen LogP contribution in [0.2, 0.25) is 0 Å². The Morgan fingerprint density at radius 2 is 1.71 bits per heavy atom. The quantitative estimate of drug-likeness (QED) is 0.219. The number of aromatic nitrogens is 5. The van der Waals surface area contributed by atoms with Crippen LogP contribution in [-0.2, 0) is 19.4 Å². The van der Waals surface area contributed by atoms with Crippen molar-refractivity contribution in [1.29, 1.82) is 0 Å². The van der Waals surface area contributed by atoms with Gasteiger partial charge in [-0.25, -0.2) is 14.8 Å². The van der Waals surface area contributed by atoms with Gasteiger partial charge in [0, 0.05) is 29.8 Å². The molecule has 3 heterocycles. The molecule has 5 rings (SSSR count). The van der Waals surface area contributed by atoms with E-state index in [9.17, 15) is 9.59 Å². The number of ether oxygens (including phenoxy) is 1. The number of methoxy groups -OCH3 is 1. The molecular weight excluding hydrogens is 586 g/mol. The maximum atomic E-state index is 13.8. The Labute approximate surface area is 248 Å². The van der Waals surface area contributed by atoms with Crippen molar-refractivity contribution < 1.29 is 9.26 Å². The van der Waals surface area contributed by atoms with Crippen LogP contribution in [0.3, 0.4) is 0 Å². The minimum absolute atomic E-state index is 0. The van der Waals surface area contributed by atoms with Crippen LogP contribution in [-0.4, -0.2) is 31.8 Å². The van der Waals surface area contributed by atoms with E-state index in [1.165, 1.54) is 0 Å². The van der Waals surface area contributed by atoms with E-state index in [0.717, 1.165) is 52.8 Å². The highest BCUT2D eigenvalue weighted by atomic mass is 79.9. The van der Waals surface area contributed by atoms with Gasteiger partial charge in [-0.2, -0.15) is 0 Å². The van der Waals surface area contributed by atoms with Crippen molar-refractivity contribution in [3.05, 3.63) is 116 Å². The fraction of sp³-hybridized carbons (Fsp3) is 0.258. The number of hydrogen-bond donors (Lipinski definition) is 1. The largest absolute Gasteiger partial charge is 0.481 e. The van der Waals surface area contributed by atoms with Crippen molar-refractivity contribution in [2.24, 2.45) is 0 Å². The van der Waals surface area contributed by atoms with Crippen molar-refractivity contribution in [3.8, 4) is 28.4 Å². The van der Waals surface area contributed by atoms with Gasteiger partial charge in [-0.05, 0) is 42.0 Å². The summed E-state index contributed by atoms with van der Waals surface area (Å²) in [5, 5.41) is 3.85. The number of nitrogens with one attached hydrogen (secondary N) is 1. The summed E-state index contributed by atoms with van der Waals surface area (Å²) >= 11 is 0. The molecule has 0 aliphatic heterocycles. The molecule has 0 unspecified atom stereocenters. The Morgan fingerprint density at radius 1 is 0.976 bits per heavy atom. The molecule has 3 aromatic heterocycles. The van der Waals surface area contributed by atoms with Gasteiger partial charge in [0.05, 0.1) is 19.3 Å². The molecular formula is C31H32BrN5O4. The number of rotatable bonds is 10. The highest BCUT2D eigenvalue weighted by Crippen LogP contribution is 2.30. The van der Waals surface area contributed by atoms with E-state index in [-0.39, 0.29) is 22.5 Å². The minimum atomic E-state index is -0.598. The summed E-state index contributed by atoms with van der Waals surface area (Å²) < 4.78 is 11.6. The number of halogens is 1. The van der Waals surface area contributed by atoms with E-state index in [4.69, 9.17) is 14.2 Å². The number of unbranched alkanes of at least 4 members (excludes halogenated alkanes) is 1. The first-order valence-corrected chi connectivity index (χ1v) is 13.3. The summed E-state index contributed by atoms with van der Waals surface area (Å²) in [6.45, 7) is 4.40. The second-order valence-corrected chi connectivity index (χ2v) is 9.65. The standard InChI is InChI=1S/C31H31N5O4.BrH/c1-4-5-10-27-26(30(37)36(20(2)33-27)19-22-13-16-28(39-3)32-18-22)17-21-11-14-23(15-12-21)24-8-6-7-9-25(24)29-34-31(38)40-35-29;/h6-9,11-16,18H,4-5,10,17,19H2,1-3H3,(H,34,35,38);1H. The van der Waals surface area contributed by atoms with E-state index in [2.05, 4.69) is 22.0 Å². The fourth-order valence-electron chi connectivity index (χ4n) is 4.77. The molecule has 5 aromatic rings. The van der Waals surface area contributed by atoms with Crippen LogP contribution in [0.1, 0.15) is 48.0 Å². The SMILES string of the molecule is Br.CCCCc1nc(C)n(Cc2ccc(OC)nc2)c(=O)c1Cc1ccc(-c2ccccc2-c2noc(=O)[nH]2)cc1. The second kappa shape index (κ2) is 13.4. The van der Waals surface area contributed by atoms with Crippen LogP contribution in [0.4, 0.5) is 0 Å². The maximum Gasteiger partial charge on any atom is 0.439 e. The van der Waals surface area contributed by atoms with Gasteiger partial charge in [0.15, 0.2) is 5.82 Å². The van der Waals surface area contributed by atoms with Crippen LogP contribution in [0.15, 0.2) is 81.0 Å². The van der Waals surface area contributed by atoms with Crippen LogP contribution < -0.4 is 16.1 Å². The van der Waals surface area contributed by atoms with E-state index >= 15 is 0 Å². The molecule has 0 saturated carbocycles. The van der Waals surface area contributed by atoms with E-state index < -0.39 is 5.76 Å². The van der Waals surface area contributed by atoms with Gasteiger partial charge in [-0.1, -0.05) is 73.1 Å². The maximum absolute atomic E-state index is 13.8. The molecule has 0 aliphatic rings. The minimum Gasteiger partial charge on any atom is -0.481 e. The zero-order valence-corrected chi connectivity index (χ0v) is 24.9. The molecule has 0 amide bonds. The number of aromatic amines is 1. The average molecular weight is 619 g/mol. The number of nitrogens with zero attached hydrogens (tertiary/aromatic N) is 4. The number of benzene rings is 2. The van der Waals surface area contributed by atoms with Crippen LogP contribution in [0.5, 0.6) is 5.88 Å². The van der Waals surface area contributed by atoms with Crippen molar-refractivity contribution >= 4 is 17.0 Å². The summed E-state index contributed by atoms with van der Waals surface area (Å²) in [7, 11) is 1.58. The molecule has 0 atom stereocenters. The number of pyridine rings is 1. The Morgan fingerprint density at radius 3 is 2.34 bits per heavy atom.